The van der Waals surface area contributed by atoms with Gasteiger partial charge in [-0.25, -0.2) is 4.79 Å². The summed E-state index contributed by atoms with van der Waals surface area (Å²) in [4.78, 5) is 25.6. The van der Waals surface area contributed by atoms with Gasteiger partial charge in [0.1, 0.15) is 5.75 Å². The molecule has 1 heterocycles. The molecule has 13 heteroatoms. The summed E-state index contributed by atoms with van der Waals surface area (Å²) < 4.78 is 41.9. The van der Waals surface area contributed by atoms with Gasteiger partial charge in [0.05, 0.1) is 6.04 Å². The Morgan fingerprint density at radius 1 is 0.905 bits per heavy atom. The van der Waals surface area contributed by atoms with Gasteiger partial charge in [0, 0.05) is 17.3 Å². The van der Waals surface area contributed by atoms with Gasteiger partial charge in [-0.3, -0.25) is 10.1 Å². The first-order valence-electron chi connectivity index (χ1n) is 13.4. The van der Waals surface area contributed by atoms with Crippen molar-refractivity contribution in [2.45, 2.75) is 50.4 Å². The van der Waals surface area contributed by atoms with Crippen LogP contribution in [0.15, 0.2) is 72.8 Å². The van der Waals surface area contributed by atoms with E-state index in [1.165, 1.54) is 37.0 Å². The van der Waals surface area contributed by atoms with Crippen LogP contribution in [0, 0.1) is 0 Å². The van der Waals surface area contributed by atoms with E-state index in [1.54, 1.807) is 24.3 Å². The maximum atomic E-state index is 13.1. The number of tetrazole rings is 1. The van der Waals surface area contributed by atoms with Gasteiger partial charge in [-0.1, -0.05) is 66.8 Å². The molecule has 0 bridgehead atoms. The first-order chi connectivity index (χ1) is 20.2. The highest BCUT2D eigenvalue weighted by Gasteiger charge is 2.31. The molecule has 0 spiro atoms. The van der Waals surface area contributed by atoms with E-state index < -0.39 is 30.1 Å². The number of urea groups is 1. The Morgan fingerprint density at radius 2 is 1.60 bits per heavy atom. The number of carbonyl (C=O) groups excluding carboxylic acids is 2. The molecule has 1 atom stereocenters. The van der Waals surface area contributed by atoms with E-state index in [9.17, 15) is 22.8 Å². The number of hydrogen-bond acceptors (Lipinski definition) is 6. The minimum Gasteiger partial charge on any atom is -0.406 e. The van der Waals surface area contributed by atoms with Crippen LogP contribution in [0.1, 0.15) is 71.1 Å². The number of carbonyl (C=O) groups is 2. The monoisotopic (exact) mass is 579 g/mol. The summed E-state index contributed by atoms with van der Waals surface area (Å²) >= 11 is 0. The number of nitrogens with one attached hydrogen (secondary N) is 4. The van der Waals surface area contributed by atoms with Gasteiger partial charge in [-0.2, -0.15) is 5.21 Å². The highest BCUT2D eigenvalue weighted by Crippen LogP contribution is 2.34. The SMILES string of the molecule is O=C(Nc1cccc(OC(F)(F)F)c1)NC(c1ccc(C(=O)Nc2nn[nH]n2)cc1)c1ccc(C2CCCCC2)cc1. The van der Waals surface area contributed by atoms with E-state index in [0.29, 0.717) is 17.0 Å². The summed E-state index contributed by atoms with van der Waals surface area (Å²) in [5.41, 5.74) is 3.18. The van der Waals surface area contributed by atoms with Crippen LogP contribution in [0.3, 0.4) is 0 Å². The van der Waals surface area contributed by atoms with Crippen LogP contribution in [0.25, 0.3) is 0 Å². The largest absolute Gasteiger partial charge is 0.573 e. The van der Waals surface area contributed by atoms with Gasteiger partial charge in [0.2, 0.25) is 0 Å². The second-order valence-corrected chi connectivity index (χ2v) is 9.92. The minimum atomic E-state index is -4.86. The number of benzene rings is 3. The highest BCUT2D eigenvalue weighted by atomic mass is 19.4. The lowest BCUT2D eigenvalue weighted by atomic mass is 9.83. The Morgan fingerprint density at radius 3 is 2.24 bits per heavy atom. The third kappa shape index (κ3) is 7.62. The molecule has 1 aliphatic rings. The number of rotatable bonds is 8. The Hall–Kier alpha value is -4.94. The van der Waals surface area contributed by atoms with Crippen LogP contribution < -0.4 is 20.7 Å². The smallest absolute Gasteiger partial charge is 0.406 e. The fourth-order valence-corrected chi connectivity index (χ4v) is 5.04. The minimum absolute atomic E-state index is 0.0306. The van der Waals surface area contributed by atoms with Crippen LogP contribution in [-0.2, 0) is 0 Å². The Balaban J connectivity index is 1.35. The summed E-state index contributed by atoms with van der Waals surface area (Å²) in [6.07, 6.45) is 1.10. The van der Waals surface area contributed by atoms with Crippen molar-refractivity contribution >= 4 is 23.6 Å². The molecule has 1 aliphatic carbocycles. The molecule has 218 valence electrons. The maximum Gasteiger partial charge on any atom is 0.573 e. The van der Waals surface area contributed by atoms with Crippen LogP contribution >= 0.6 is 0 Å². The second kappa shape index (κ2) is 12.7. The van der Waals surface area contributed by atoms with Crippen LogP contribution in [0.2, 0.25) is 0 Å². The topological polar surface area (TPSA) is 134 Å². The fraction of sp³-hybridized carbons (Fsp3) is 0.276. The number of ether oxygens (including phenoxy) is 1. The van der Waals surface area contributed by atoms with Crippen LogP contribution in [0.5, 0.6) is 5.75 Å². The zero-order valence-corrected chi connectivity index (χ0v) is 22.3. The van der Waals surface area contributed by atoms with Crippen molar-refractivity contribution in [3.05, 3.63) is 95.1 Å². The molecule has 4 aromatic rings. The third-order valence-corrected chi connectivity index (χ3v) is 7.02. The number of aromatic amines is 1. The quantitative estimate of drug-likeness (QED) is 0.193. The van der Waals surface area contributed by atoms with Crippen molar-refractivity contribution < 1.29 is 27.5 Å². The summed E-state index contributed by atoms with van der Waals surface area (Å²) in [6.45, 7) is 0. The van der Waals surface area contributed by atoms with Crippen LogP contribution in [-0.4, -0.2) is 38.9 Å². The van der Waals surface area contributed by atoms with E-state index in [-0.39, 0.29) is 11.6 Å². The van der Waals surface area contributed by atoms with Crippen molar-refractivity contribution in [1.29, 1.82) is 0 Å². The molecule has 0 saturated heterocycles. The Kier molecular flexibility index (Phi) is 8.65. The average molecular weight is 580 g/mol. The first kappa shape index (κ1) is 28.6. The van der Waals surface area contributed by atoms with E-state index in [2.05, 4.69) is 53.4 Å². The molecular formula is C29H28F3N7O3. The Bertz CT molecular complexity index is 1490. The Labute approximate surface area is 239 Å². The predicted octanol–water partition coefficient (Wildman–Crippen LogP) is 6.31. The molecule has 10 nitrogen and oxygen atoms in total. The van der Waals surface area contributed by atoms with Crippen molar-refractivity contribution in [2.75, 3.05) is 10.6 Å². The zero-order chi connectivity index (χ0) is 29.5. The maximum absolute atomic E-state index is 13.1. The van der Waals surface area contributed by atoms with Gasteiger partial charge in [-0.15, -0.1) is 18.3 Å². The molecule has 1 fully saturated rings. The van der Waals surface area contributed by atoms with Crippen molar-refractivity contribution in [3.8, 4) is 5.75 Å². The number of hydrogen-bond donors (Lipinski definition) is 4. The van der Waals surface area contributed by atoms with Gasteiger partial charge in [0.15, 0.2) is 0 Å². The number of amides is 3. The molecule has 0 radical (unpaired) electrons. The average Bonchev–Trinajstić information content (AvgIpc) is 3.49. The standard InChI is InChI=1S/C29H28F3N7O3/c30-29(31,32)42-24-8-4-7-23(17-24)33-28(41)34-25(20-11-9-19(10-12-20)18-5-2-1-3-6-18)21-13-15-22(16-14-21)26(40)35-27-36-38-39-37-27/h4,7-18,25H,1-3,5-6H2,(H2,33,34,41)(H2,35,36,37,38,39,40). The molecule has 0 aliphatic heterocycles. The highest BCUT2D eigenvalue weighted by molar-refractivity contribution is 6.03. The van der Waals surface area contributed by atoms with Crippen molar-refractivity contribution in [3.63, 3.8) is 0 Å². The molecule has 1 saturated carbocycles. The number of H-pyrrole nitrogens is 1. The predicted molar refractivity (Wildman–Crippen MR) is 148 cm³/mol. The molecule has 3 amide bonds. The molecule has 1 unspecified atom stereocenters. The number of halogens is 3. The summed E-state index contributed by atoms with van der Waals surface area (Å²) in [5, 5.41) is 21.0. The summed E-state index contributed by atoms with van der Waals surface area (Å²) in [5.74, 6) is -0.360. The van der Waals surface area contributed by atoms with E-state index in [1.807, 2.05) is 12.1 Å². The number of anilines is 2. The normalized spacial score (nSPS) is 14.5. The molecule has 5 rings (SSSR count). The lowest BCUT2D eigenvalue weighted by molar-refractivity contribution is -0.274. The van der Waals surface area contributed by atoms with Gasteiger partial charge >= 0.3 is 12.4 Å². The van der Waals surface area contributed by atoms with E-state index in [4.69, 9.17) is 0 Å². The fourth-order valence-electron chi connectivity index (χ4n) is 5.04. The molecule has 1 aromatic heterocycles. The lowest BCUT2D eigenvalue weighted by Crippen LogP contribution is -2.33. The van der Waals surface area contributed by atoms with Crippen molar-refractivity contribution in [1.82, 2.24) is 25.9 Å². The van der Waals surface area contributed by atoms with Crippen LogP contribution in [0.4, 0.5) is 29.6 Å². The summed E-state index contributed by atoms with van der Waals surface area (Å²) in [6, 6.07) is 18.4. The molecule has 3 aromatic carbocycles. The third-order valence-electron chi connectivity index (χ3n) is 7.02. The first-order valence-corrected chi connectivity index (χ1v) is 13.4. The number of nitrogens with zero attached hydrogens (tertiary/aromatic N) is 3. The second-order valence-electron chi connectivity index (χ2n) is 9.92. The van der Waals surface area contributed by atoms with E-state index in [0.717, 1.165) is 30.5 Å². The molecular weight excluding hydrogens is 551 g/mol. The van der Waals surface area contributed by atoms with Gasteiger partial charge in [0.25, 0.3) is 11.9 Å². The zero-order valence-electron chi connectivity index (χ0n) is 22.3. The number of aromatic nitrogens is 4. The molecule has 4 N–H and O–H groups in total. The van der Waals surface area contributed by atoms with Gasteiger partial charge in [-0.05, 0) is 64.9 Å². The lowest BCUT2D eigenvalue weighted by Gasteiger charge is -2.24. The molecule has 42 heavy (non-hydrogen) atoms. The number of alkyl halides is 3. The van der Waals surface area contributed by atoms with Gasteiger partial charge < -0.3 is 15.4 Å². The summed E-state index contributed by atoms with van der Waals surface area (Å²) in [7, 11) is 0. The van der Waals surface area contributed by atoms with Crippen molar-refractivity contribution in [2.24, 2.45) is 0 Å². The van der Waals surface area contributed by atoms with E-state index >= 15 is 0 Å².